The standard InChI is InChI=1S/C12H18N4O3/c13-15-11-5-10(6-12(7-11)16(17)18)14-3-1-9-2-4-19-8-9/h5-7,9,14-15H,1-4,8,13H2. The normalized spacial score (nSPS) is 18.3. The van der Waals surface area contributed by atoms with E-state index < -0.39 is 4.92 Å². The molecule has 1 saturated heterocycles. The summed E-state index contributed by atoms with van der Waals surface area (Å²) < 4.78 is 5.30. The Hall–Kier alpha value is -1.86. The number of nitrogens with two attached hydrogens (primary N) is 1. The van der Waals surface area contributed by atoms with Crippen LogP contribution in [0.15, 0.2) is 18.2 Å². The Morgan fingerprint density at radius 1 is 1.42 bits per heavy atom. The number of hydrogen-bond donors (Lipinski definition) is 3. The second-order valence-electron chi connectivity index (χ2n) is 4.62. The van der Waals surface area contributed by atoms with Gasteiger partial charge in [-0.25, -0.2) is 0 Å². The van der Waals surface area contributed by atoms with Gasteiger partial charge in [0.2, 0.25) is 0 Å². The Balaban J connectivity index is 1.94. The number of anilines is 2. The summed E-state index contributed by atoms with van der Waals surface area (Å²) in [5, 5.41) is 14.0. The molecule has 1 unspecified atom stereocenters. The number of rotatable bonds is 6. The van der Waals surface area contributed by atoms with Crippen LogP contribution in [0.4, 0.5) is 17.1 Å². The van der Waals surface area contributed by atoms with Crippen LogP contribution in [0.2, 0.25) is 0 Å². The highest BCUT2D eigenvalue weighted by atomic mass is 16.6. The maximum Gasteiger partial charge on any atom is 0.273 e. The second kappa shape index (κ2) is 6.35. The Kier molecular flexibility index (Phi) is 4.53. The Labute approximate surface area is 111 Å². The van der Waals surface area contributed by atoms with Gasteiger partial charge in [-0.3, -0.25) is 16.0 Å². The lowest BCUT2D eigenvalue weighted by molar-refractivity contribution is -0.384. The van der Waals surface area contributed by atoms with Crippen molar-refractivity contribution in [2.24, 2.45) is 11.8 Å². The van der Waals surface area contributed by atoms with E-state index in [-0.39, 0.29) is 5.69 Å². The van der Waals surface area contributed by atoms with E-state index in [0.717, 1.165) is 32.6 Å². The molecule has 4 N–H and O–H groups in total. The van der Waals surface area contributed by atoms with E-state index in [2.05, 4.69) is 10.7 Å². The average Bonchev–Trinajstić information content (AvgIpc) is 2.91. The Morgan fingerprint density at radius 3 is 2.84 bits per heavy atom. The number of nitro groups is 1. The number of benzene rings is 1. The first-order valence-electron chi connectivity index (χ1n) is 6.27. The van der Waals surface area contributed by atoms with Gasteiger partial charge in [-0.2, -0.15) is 0 Å². The molecule has 0 amide bonds. The minimum atomic E-state index is -0.434. The summed E-state index contributed by atoms with van der Waals surface area (Å²) in [7, 11) is 0. The lowest BCUT2D eigenvalue weighted by Crippen LogP contribution is -2.11. The molecule has 0 radical (unpaired) electrons. The van der Waals surface area contributed by atoms with Crippen molar-refractivity contribution in [2.45, 2.75) is 12.8 Å². The van der Waals surface area contributed by atoms with E-state index >= 15 is 0 Å². The molecule has 0 spiro atoms. The molecule has 7 nitrogen and oxygen atoms in total. The van der Waals surface area contributed by atoms with Crippen LogP contribution < -0.4 is 16.6 Å². The summed E-state index contributed by atoms with van der Waals surface area (Å²) in [6.45, 7) is 2.41. The zero-order valence-electron chi connectivity index (χ0n) is 10.6. The van der Waals surface area contributed by atoms with Gasteiger partial charge in [0.25, 0.3) is 5.69 Å². The van der Waals surface area contributed by atoms with Gasteiger partial charge in [-0.15, -0.1) is 0 Å². The quantitative estimate of drug-likeness (QED) is 0.411. The minimum absolute atomic E-state index is 0.0159. The van der Waals surface area contributed by atoms with Crippen molar-refractivity contribution in [3.63, 3.8) is 0 Å². The molecular formula is C12H18N4O3. The Bertz CT molecular complexity index is 447. The predicted octanol–water partition coefficient (Wildman–Crippen LogP) is 1.72. The third-order valence-corrected chi connectivity index (χ3v) is 3.20. The number of non-ortho nitro benzene ring substituents is 1. The van der Waals surface area contributed by atoms with E-state index in [4.69, 9.17) is 10.6 Å². The van der Waals surface area contributed by atoms with Crippen LogP contribution in [0.25, 0.3) is 0 Å². The third-order valence-electron chi connectivity index (χ3n) is 3.20. The van der Waals surface area contributed by atoms with Crippen molar-refractivity contribution in [3.05, 3.63) is 28.3 Å². The maximum atomic E-state index is 10.8. The van der Waals surface area contributed by atoms with Crippen LogP contribution in [0.1, 0.15) is 12.8 Å². The predicted molar refractivity (Wildman–Crippen MR) is 72.9 cm³/mol. The van der Waals surface area contributed by atoms with Gasteiger partial charge in [-0.05, 0) is 24.8 Å². The highest BCUT2D eigenvalue weighted by Gasteiger charge is 2.15. The van der Waals surface area contributed by atoms with Gasteiger partial charge in [-0.1, -0.05) is 0 Å². The van der Waals surface area contributed by atoms with Gasteiger partial charge in [0.1, 0.15) is 0 Å². The van der Waals surface area contributed by atoms with Crippen LogP contribution in [0.5, 0.6) is 0 Å². The highest BCUT2D eigenvalue weighted by Crippen LogP contribution is 2.24. The SMILES string of the molecule is NNc1cc(NCCC2CCOC2)cc([N+](=O)[O-])c1. The first-order valence-corrected chi connectivity index (χ1v) is 6.27. The molecule has 1 aliphatic rings. The van der Waals surface area contributed by atoms with E-state index in [0.29, 0.717) is 17.3 Å². The summed E-state index contributed by atoms with van der Waals surface area (Å²) in [4.78, 5) is 10.4. The van der Waals surface area contributed by atoms with Crippen molar-refractivity contribution in [2.75, 3.05) is 30.5 Å². The molecular weight excluding hydrogens is 248 g/mol. The summed E-state index contributed by atoms with van der Waals surface area (Å²) >= 11 is 0. The summed E-state index contributed by atoms with van der Waals surface area (Å²) in [5.74, 6) is 5.88. The monoisotopic (exact) mass is 266 g/mol. The van der Waals surface area contributed by atoms with E-state index in [1.807, 2.05) is 0 Å². The van der Waals surface area contributed by atoms with E-state index in [9.17, 15) is 10.1 Å². The molecule has 1 heterocycles. The van der Waals surface area contributed by atoms with Gasteiger partial charge in [0.15, 0.2) is 0 Å². The number of nitrogens with one attached hydrogen (secondary N) is 2. The van der Waals surface area contributed by atoms with Crippen LogP contribution in [0, 0.1) is 16.0 Å². The largest absolute Gasteiger partial charge is 0.385 e. The van der Waals surface area contributed by atoms with Crippen molar-refractivity contribution in [3.8, 4) is 0 Å². The van der Waals surface area contributed by atoms with Crippen LogP contribution in [0.3, 0.4) is 0 Å². The zero-order chi connectivity index (χ0) is 13.7. The van der Waals surface area contributed by atoms with Gasteiger partial charge in [0.05, 0.1) is 10.6 Å². The van der Waals surface area contributed by atoms with Crippen LogP contribution >= 0.6 is 0 Å². The number of hydrazine groups is 1. The van der Waals surface area contributed by atoms with Crippen LogP contribution in [-0.2, 0) is 4.74 Å². The molecule has 1 aromatic carbocycles. The summed E-state index contributed by atoms with van der Waals surface area (Å²) in [5.41, 5.74) is 3.66. The Morgan fingerprint density at radius 2 is 2.21 bits per heavy atom. The molecule has 0 saturated carbocycles. The fourth-order valence-corrected chi connectivity index (χ4v) is 2.13. The average molecular weight is 266 g/mol. The number of nitro benzene ring substituents is 1. The molecule has 0 aromatic heterocycles. The van der Waals surface area contributed by atoms with Gasteiger partial charge in [0, 0.05) is 37.6 Å². The summed E-state index contributed by atoms with van der Waals surface area (Å²) in [6, 6.07) is 4.65. The highest BCUT2D eigenvalue weighted by molar-refractivity contribution is 5.63. The molecule has 0 bridgehead atoms. The second-order valence-corrected chi connectivity index (χ2v) is 4.62. The number of ether oxygens (including phenoxy) is 1. The van der Waals surface area contributed by atoms with E-state index in [1.165, 1.54) is 12.1 Å². The molecule has 104 valence electrons. The molecule has 19 heavy (non-hydrogen) atoms. The van der Waals surface area contributed by atoms with Crippen LogP contribution in [-0.4, -0.2) is 24.7 Å². The molecule has 1 aromatic rings. The summed E-state index contributed by atoms with van der Waals surface area (Å²) in [6.07, 6.45) is 2.08. The molecule has 0 aliphatic carbocycles. The molecule has 1 aliphatic heterocycles. The van der Waals surface area contributed by atoms with Gasteiger partial charge < -0.3 is 15.5 Å². The van der Waals surface area contributed by atoms with Crippen molar-refractivity contribution in [1.29, 1.82) is 0 Å². The lowest BCUT2D eigenvalue weighted by Gasteiger charge is -2.11. The van der Waals surface area contributed by atoms with Crippen molar-refractivity contribution in [1.82, 2.24) is 0 Å². The maximum absolute atomic E-state index is 10.8. The number of hydrogen-bond acceptors (Lipinski definition) is 6. The van der Waals surface area contributed by atoms with Crippen molar-refractivity contribution < 1.29 is 9.66 Å². The molecule has 2 rings (SSSR count). The third kappa shape index (κ3) is 3.80. The topological polar surface area (TPSA) is 102 Å². The smallest absolute Gasteiger partial charge is 0.273 e. The lowest BCUT2D eigenvalue weighted by atomic mass is 10.1. The molecule has 1 atom stereocenters. The first-order chi connectivity index (χ1) is 9.19. The van der Waals surface area contributed by atoms with Crippen molar-refractivity contribution >= 4 is 17.1 Å². The van der Waals surface area contributed by atoms with Gasteiger partial charge >= 0.3 is 0 Å². The first kappa shape index (κ1) is 13.6. The fourth-order valence-electron chi connectivity index (χ4n) is 2.13. The molecule has 7 heteroatoms. The minimum Gasteiger partial charge on any atom is -0.385 e. The number of nitrogens with zero attached hydrogens (tertiary/aromatic N) is 1. The molecule has 1 fully saturated rings. The zero-order valence-corrected chi connectivity index (χ0v) is 10.6. The number of nitrogen functional groups attached to an aromatic ring is 1. The fraction of sp³-hybridized carbons (Fsp3) is 0.500. The van der Waals surface area contributed by atoms with E-state index in [1.54, 1.807) is 6.07 Å².